The minimum atomic E-state index is -0.524. The number of hydrogen-bond donors (Lipinski definition) is 0. The average Bonchev–Trinajstić information content (AvgIpc) is 2.39. The third kappa shape index (κ3) is 2.82. The van der Waals surface area contributed by atoms with Gasteiger partial charge in [-0.3, -0.25) is 4.79 Å². The normalized spacial score (nSPS) is 17.2. The molecule has 0 spiro atoms. The van der Waals surface area contributed by atoms with Crippen LogP contribution in [0.4, 0.5) is 0 Å². The van der Waals surface area contributed by atoms with Crippen molar-refractivity contribution in [3.63, 3.8) is 0 Å². The Morgan fingerprint density at radius 3 is 2.33 bits per heavy atom. The van der Waals surface area contributed by atoms with E-state index < -0.39 is 5.41 Å². The van der Waals surface area contributed by atoms with Gasteiger partial charge in [-0.1, -0.05) is 6.08 Å². The van der Waals surface area contributed by atoms with Crippen LogP contribution in [0, 0.1) is 26.2 Å². The van der Waals surface area contributed by atoms with Crippen molar-refractivity contribution < 1.29 is 14.3 Å². The molecule has 21 heavy (non-hydrogen) atoms. The van der Waals surface area contributed by atoms with E-state index in [1.807, 2.05) is 54.5 Å². The summed E-state index contributed by atoms with van der Waals surface area (Å²) in [4.78, 5) is 12.2. The Morgan fingerprint density at radius 1 is 1.14 bits per heavy atom. The summed E-state index contributed by atoms with van der Waals surface area (Å²) in [5.41, 5.74) is 3.43. The molecular weight excluding hydrogens is 264 g/mol. The molecule has 0 fully saturated rings. The SMILES string of the molecule is Cc1c(C)c2c(c(C)c1OC(=O)C(C)(C)C)C=CC(C)O2. The first-order valence-corrected chi connectivity index (χ1v) is 7.33. The number of hydrogen-bond acceptors (Lipinski definition) is 3. The summed E-state index contributed by atoms with van der Waals surface area (Å²) in [7, 11) is 0. The summed E-state index contributed by atoms with van der Waals surface area (Å²) in [5.74, 6) is 1.34. The molecule has 114 valence electrons. The van der Waals surface area contributed by atoms with Crippen molar-refractivity contribution in [2.75, 3.05) is 0 Å². The highest BCUT2D eigenvalue weighted by Gasteiger charge is 2.28. The van der Waals surface area contributed by atoms with E-state index in [2.05, 4.69) is 6.08 Å². The minimum Gasteiger partial charge on any atom is -0.486 e. The number of fused-ring (bicyclic) bond motifs is 1. The second-order valence-corrected chi connectivity index (χ2v) is 6.77. The molecule has 0 saturated carbocycles. The van der Waals surface area contributed by atoms with Gasteiger partial charge in [0.15, 0.2) is 0 Å². The van der Waals surface area contributed by atoms with Crippen LogP contribution in [0.2, 0.25) is 0 Å². The van der Waals surface area contributed by atoms with Crippen molar-refractivity contribution >= 4 is 12.0 Å². The molecule has 1 heterocycles. The molecule has 1 atom stereocenters. The van der Waals surface area contributed by atoms with Crippen LogP contribution >= 0.6 is 0 Å². The summed E-state index contributed by atoms with van der Waals surface area (Å²) >= 11 is 0. The molecule has 0 radical (unpaired) electrons. The lowest BCUT2D eigenvalue weighted by molar-refractivity contribution is -0.143. The monoisotopic (exact) mass is 288 g/mol. The fraction of sp³-hybridized carbons (Fsp3) is 0.500. The van der Waals surface area contributed by atoms with Crippen LogP contribution < -0.4 is 9.47 Å². The molecule has 1 aliphatic heterocycles. The van der Waals surface area contributed by atoms with Crippen molar-refractivity contribution in [1.82, 2.24) is 0 Å². The van der Waals surface area contributed by atoms with Gasteiger partial charge in [-0.2, -0.15) is 0 Å². The molecule has 1 aliphatic rings. The number of esters is 1. The Hall–Kier alpha value is -1.77. The maximum Gasteiger partial charge on any atom is 0.316 e. The molecule has 3 heteroatoms. The molecule has 0 bridgehead atoms. The van der Waals surface area contributed by atoms with E-state index in [0.717, 1.165) is 28.0 Å². The van der Waals surface area contributed by atoms with Gasteiger partial charge < -0.3 is 9.47 Å². The van der Waals surface area contributed by atoms with E-state index in [4.69, 9.17) is 9.47 Å². The molecular formula is C18H24O3. The Balaban J connectivity index is 2.53. The van der Waals surface area contributed by atoms with Crippen LogP contribution in [0.25, 0.3) is 6.08 Å². The van der Waals surface area contributed by atoms with Gasteiger partial charge in [-0.25, -0.2) is 0 Å². The first kappa shape index (κ1) is 15.6. The molecule has 0 aromatic heterocycles. The van der Waals surface area contributed by atoms with Gasteiger partial charge in [0.2, 0.25) is 0 Å². The first-order chi connectivity index (χ1) is 9.62. The van der Waals surface area contributed by atoms with E-state index in [1.54, 1.807) is 0 Å². The average molecular weight is 288 g/mol. The number of carbonyl (C=O) groups excluding carboxylic acids is 1. The number of rotatable bonds is 1. The van der Waals surface area contributed by atoms with Gasteiger partial charge in [0.1, 0.15) is 17.6 Å². The van der Waals surface area contributed by atoms with Crippen LogP contribution in [0.15, 0.2) is 6.08 Å². The molecule has 0 N–H and O–H groups in total. The van der Waals surface area contributed by atoms with E-state index >= 15 is 0 Å². The van der Waals surface area contributed by atoms with Crippen molar-refractivity contribution in [2.45, 2.75) is 54.6 Å². The van der Waals surface area contributed by atoms with E-state index in [0.29, 0.717) is 5.75 Å². The van der Waals surface area contributed by atoms with Crippen LogP contribution in [0.1, 0.15) is 49.9 Å². The lowest BCUT2D eigenvalue weighted by Gasteiger charge is -2.26. The van der Waals surface area contributed by atoms with E-state index in [-0.39, 0.29) is 12.1 Å². The molecule has 3 nitrogen and oxygen atoms in total. The van der Waals surface area contributed by atoms with E-state index in [1.165, 1.54) is 0 Å². The van der Waals surface area contributed by atoms with Crippen LogP contribution in [-0.2, 0) is 4.79 Å². The number of ether oxygens (including phenoxy) is 2. The second-order valence-electron chi connectivity index (χ2n) is 6.77. The highest BCUT2D eigenvalue weighted by molar-refractivity contribution is 5.80. The van der Waals surface area contributed by atoms with Gasteiger partial charge in [-0.05, 0) is 65.7 Å². The zero-order valence-corrected chi connectivity index (χ0v) is 14.0. The zero-order chi connectivity index (χ0) is 15.9. The predicted molar refractivity (Wildman–Crippen MR) is 84.9 cm³/mol. The molecule has 0 saturated heterocycles. The van der Waals surface area contributed by atoms with Crippen LogP contribution in [-0.4, -0.2) is 12.1 Å². The molecule has 0 amide bonds. The van der Waals surface area contributed by atoms with Crippen molar-refractivity contribution in [1.29, 1.82) is 0 Å². The number of benzene rings is 1. The van der Waals surface area contributed by atoms with Crippen molar-refractivity contribution in [3.8, 4) is 11.5 Å². The van der Waals surface area contributed by atoms with E-state index in [9.17, 15) is 4.79 Å². The summed E-state index contributed by atoms with van der Waals surface area (Å²) in [5, 5.41) is 0. The fourth-order valence-electron chi connectivity index (χ4n) is 2.32. The van der Waals surface area contributed by atoms with Gasteiger partial charge in [-0.15, -0.1) is 0 Å². The predicted octanol–water partition coefficient (Wildman–Crippen LogP) is 4.36. The highest BCUT2D eigenvalue weighted by Crippen LogP contribution is 2.41. The summed E-state index contributed by atoms with van der Waals surface area (Å²) in [6.07, 6.45) is 4.14. The lowest BCUT2D eigenvalue weighted by Crippen LogP contribution is -2.26. The standard InChI is InChI=1S/C18H24O3/c1-10-8-9-14-13(4)15(21-17(19)18(5,6)7)11(2)12(3)16(14)20-10/h8-10H,1-7H3. The topological polar surface area (TPSA) is 35.5 Å². The van der Waals surface area contributed by atoms with Gasteiger partial charge in [0, 0.05) is 11.1 Å². The smallest absolute Gasteiger partial charge is 0.316 e. The summed E-state index contributed by atoms with van der Waals surface area (Å²) in [6.45, 7) is 13.5. The Bertz CT molecular complexity index is 619. The Labute approximate surface area is 127 Å². The third-order valence-electron chi connectivity index (χ3n) is 3.88. The molecule has 1 aromatic rings. The highest BCUT2D eigenvalue weighted by atomic mass is 16.5. The first-order valence-electron chi connectivity index (χ1n) is 7.33. The molecule has 0 aliphatic carbocycles. The lowest BCUT2D eigenvalue weighted by atomic mass is 9.94. The third-order valence-corrected chi connectivity index (χ3v) is 3.88. The van der Waals surface area contributed by atoms with Crippen molar-refractivity contribution in [2.24, 2.45) is 5.41 Å². The Kier molecular flexibility index (Phi) is 3.87. The molecule has 1 unspecified atom stereocenters. The largest absolute Gasteiger partial charge is 0.486 e. The summed E-state index contributed by atoms with van der Waals surface area (Å²) < 4.78 is 11.6. The quantitative estimate of drug-likeness (QED) is 0.569. The Morgan fingerprint density at radius 2 is 1.76 bits per heavy atom. The van der Waals surface area contributed by atoms with Gasteiger partial charge in [0.05, 0.1) is 5.41 Å². The molecule has 1 aromatic carbocycles. The minimum absolute atomic E-state index is 0.0676. The van der Waals surface area contributed by atoms with Crippen LogP contribution in [0.5, 0.6) is 11.5 Å². The zero-order valence-electron chi connectivity index (χ0n) is 14.0. The second kappa shape index (κ2) is 5.21. The van der Waals surface area contributed by atoms with Crippen LogP contribution in [0.3, 0.4) is 0 Å². The van der Waals surface area contributed by atoms with Crippen molar-refractivity contribution in [3.05, 3.63) is 28.3 Å². The number of carbonyl (C=O) groups is 1. The summed E-state index contributed by atoms with van der Waals surface area (Å²) in [6, 6.07) is 0. The van der Waals surface area contributed by atoms with Gasteiger partial charge >= 0.3 is 5.97 Å². The molecule has 2 rings (SSSR count). The maximum absolute atomic E-state index is 12.2. The van der Waals surface area contributed by atoms with Gasteiger partial charge in [0.25, 0.3) is 0 Å². The fourth-order valence-corrected chi connectivity index (χ4v) is 2.32. The maximum atomic E-state index is 12.2.